The van der Waals surface area contributed by atoms with Crippen molar-refractivity contribution in [3.63, 3.8) is 0 Å². The molecule has 112 valence electrons. The van der Waals surface area contributed by atoms with Gasteiger partial charge in [-0.25, -0.2) is 0 Å². The summed E-state index contributed by atoms with van der Waals surface area (Å²) in [6, 6.07) is 8.09. The van der Waals surface area contributed by atoms with E-state index in [1.807, 2.05) is 7.05 Å². The molecule has 0 aliphatic carbocycles. The highest BCUT2D eigenvalue weighted by Gasteiger charge is 2.17. The summed E-state index contributed by atoms with van der Waals surface area (Å²) in [5.41, 5.74) is 8.40. The molecule has 2 N–H and O–H groups in total. The van der Waals surface area contributed by atoms with Crippen molar-refractivity contribution < 1.29 is 4.79 Å². The smallest absolute Gasteiger partial charge is 0.239 e. The number of nitrogens with zero attached hydrogens (tertiary/aromatic N) is 1. The second-order valence-corrected chi connectivity index (χ2v) is 5.84. The van der Waals surface area contributed by atoms with E-state index in [0.717, 1.165) is 24.8 Å². The van der Waals surface area contributed by atoms with E-state index in [-0.39, 0.29) is 11.9 Å². The Kier molecular flexibility index (Phi) is 6.73. The Labute approximate surface area is 123 Å². The summed E-state index contributed by atoms with van der Waals surface area (Å²) in [6.07, 6.45) is 2.84. The molecule has 1 amide bonds. The molecule has 0 aliphatic rings. The number of rotatable bonds is 7. The van der Waals surface area contributed by atoms with Crippen LogP contribution >= 0.6 is 0 Å². The van der Waals surface area contributed by atoms with Crippen LogP contribution in [0.15, 0.2) is 24.3 Å². The Balaban J connectivity index is 2.56. The Morgan fingerprint density at radius 2 is 1.85 bits per heavy atom. The molecule has 0 saturated heterocycles. The monoisotopic (exact) mass is 276 g/mol. The van der Waals surface area contributed by atoms with Crippen molar-refractivity contribution in [1.82, 2.24) is 4.90 Å². The van der Waals surface area contributed by atoms with Gasteiger partial charge in [0.2, 0.25) is 5.91 Å². The third-order valence-corrected chi connectivity index (χ3v) is 3.63. The van der Waals surface area contributed by atoms with E-state index < -0.39 is 0 Å². The van der Waals surface area contributed by atoms with Crippen LogP contribution in [0.2, 0.25) is 0 Å². The second-order valence-electron chi connectivity index (χ2n) is 5.84. The van der Waals surface area contributed by atoms with Gasteiger partial charge in [-0.15, -0.1) is 0 Å². The predicted molar refractivity (Wildman–Crippen MR) is 84.5 cm³/mol. The molecular formula is C17H28N2O. The summed E-state index contributed by atoms with van der Waals surface area (Å²) in [7, 11) is 1.82. The van der Waals surface area contributed by atoms with Crippen LogP contribution in [0.3, 0.4) is 0 Å². The average Bonchev–Trinajstić information content (AvgIpc) is 2.44. The lowest BCUT2D eigenvalue weighted by molar-refractivity contribution is -0.132. The first kappa shape index (κ1) is 16.7. The highest BCUT2D eigenvalue weighted by atomic mass is 16.2. The number of carbonyl (C=O) groups is 1. The van der Waals surface area contributed by atoms with E-state index in [1.165, 1.54) is 5.56 Å². The van der Waals surface area contributed by atoms with Gasteiger partial charge in [0.15, 0.2) is 0 Å². The molecule has 3 heteroatoms. The van der Waals surface area contributed by atoms with E-state index in [4.69, 9.17) is 5.73 Å². The zero-order valence-electron chi connectivity index (χ0n) is 13.2. The SMILES string of the molecule is CCCC[C@H](N)C(=O)N(C)Cc1ccc(C(C)C)cc1. The lowest BCUT2D eigenvalue weighted by Gasteiger charge is -2.21. The molecule has 1 aromatic rings. The summed E-state index contributed by atoms with van der Waals surface area (Å²) < 4.78 is 0. The third-order valence-electron chi connectivity index (χ3n) is 3.63. The zero-order valence-corrected chi connectivity index (χ0v) is 13.2. The first-order valence-electron chi connectivity index (χ1n) is 7.55. The molecule has 3 nitrogen and oxygen atoms in total. The summed E-state index contributed by atoms with van der Waals surface area (Å²) in [5.74, 6) is 0.567. The van der Waals surface area contributed by atoms with E-state index >= 15 is 0 Å². The van der Waals surface area contributed by atoms with E-state index in [0.29, 0.717) is 12.5 Å². The topological polar surface area (TPSA) is 46.3 Å². The van der Waals surface area contributed by atoms with Crippen molar-refractivity contribution in [2.24, 2.45) is 5.73 Å². The first-order chi connectivity index (χ1) is 9.45. The molecule has 0 fully saturated rings. The van der Waals surface area contributed by atoms with Crippen molar-refractivity contribution in [2.75, 3.05) is 7.05 Å². The summed E-state index contributed by atoms with van der Waals surface area (Å²) in [6.45, 7) is 7.09. The Bertz CT molecular complexity index is 412. The lowest BCUT2D eigenvalue weighted by atomic mass is 10.0. The molecule has 0 spiro atoms. The number of amides is 1. The van der Waals surface area contributed by atoms with Gasteiger partial charge in [0, 0.05) is 13.6 Å². The highest BCUT2D eigenvalue weighted by molar-refractivity contribution is 5.81. The number of likely N-dealkylation sites (N-methyl/N-ethyl adjacent to an activating group) is 1. The first-order valence-corrected chi connectivity index (χ1v) is 7.55. The fraction of sp³-hybridized carbons (Fsp3) is 0.588. The Morgan fingerprint density at radius 3 is 2.35 bits per heavy atom. The quantitative estimate of drug-likeness (QED) is 0.830. The van der Waals surface area contributed by atoms with Crippen LogP contribution in [0, 0.1) is 0 Å². The maximum Gasteiger partial charge on any atom is 0.239 e. The average molecular weight is 276 g/mol. The summed E-state index contributed by atoms with van der Waals surface area (Å²) >= 11 is 0. The number of benzene rings is 1. The molecule has 0 aromatic heterocycles. The van der Waals surface area contributed by atoms with Gasteiger partial charge >= 0.3 is 0 Å². The largest absolute Gasteiger partial charge is 0.340 e. The van der Waals surface area contributed by atoms with Crippen LogP contribution in [0.25, 0.3) is 0 Å². The molecule has 0 saturated carbocycles. The van der Waals surface area contributed by atoms with Gasteiger partial charge in [0.1, 0.15) is 0 Å². The minimum atomic E-state index is -0.366. The minimum absolute atomic E-state index is 0.0337. The van der Waals surface area contributed by atoms with Crippen LogP contribution in [-0.4, -0.2) is 23.9 Å². The van der Waals surface area contributed by atoms with Crippen LogP contribution < -0.4 is 5.73 Å². The maximum atomic E-state index is 12.1. The van der Waals surface area contributed by atoms with Gasteiger partial charge in [0.25, 0.3) is 0 Å². The van der Waals surface area contributed by atoms with Gasteiger partial charge < -0.3 is 10.6 Å². The van der Waals surface area contributed by atoms with Gasteiger partial charge in [-0.1, -0.05) is 57.9 Å². The van der Waals surface area contributed by atoms with Gasteiger partial charge in [0.05, 0.1) is 6.04 Å². The number of hydrogen-bond donors (Lipinski definition) is 1. The van der Waals surface area contributed by atoms with Crippen LogP contribution in [0.1, 0.15) is 57.1 Å². The number of carbonyl (C=O) groups excluding carboxylic acids is 1. The van der Waals surface area contributed by atoms with Gasteiger partial charge in [-0.05, 0) is 23.5 Å². The zero-order chi connectivity index (χ0) is 15.1. The van der Waals surface area contributed by atoms with Crippen molar-refractivity contribution in [2.45, 2.75) is 58.5 Å². The van der Waals surface area contributed by atoms with E-state index in [9.17, 15) is 4.79 Å². The highest BCUT2D eigenvalue weighted by Crippen LogP contribution is 2.15. The molecule has 0 radical (unpaired) electrons. The van der Waals surface area contributed by atoms with Crippen molar-refractivity contribution in [3.8, 4) is 0 Å². The second kappa shape index (κ2) is 8.05. The van der Waals surface area contributed by atoms with Gasteiger partial charge in [-0.3, -0.25) is 4.79 Å². The molecule has 20 heavy (non-hydrogen) atoms. The number of nitrogens with two attached hydrogens (primary N) is 1. The Morgan fingerprint density at radius 1 is 1.25 bits per heavy atom. The standard InChI is InChI=1S/C17H28N2O/c1-5-6-7-16(18)17(20)19(4)12-14-8-10-15(11-9-14)13(2)3/h8-11,13,16H,5-7,12,18H2,1-4H3/t16-/m0/s1. The fourth-order valence-corrected chi connectivity index (χ4v) is 2.19. The number of hydrogen-bond acceptors (Lipinski definition) is 2. The fourth-order valence-electron chi connectivity index (χ4n) is 2.19. The van der Waals surface area contributed by atoms with Crippen molar-refractivity contribution in [3.05, 3.63) is 35.4 Å². The Hall–Kier alpha value is -1.35. The maximum absolute atomic E-state index is 12.1. The molecular weight excluding hydrogens is 248 g/mol. The van der Waals surface area contributed by atoms with Crippen LogP contribution in [0.5, 0.6) is 0 Å². The summed E-state index contributed by atoms with van der Waals surface area (Å²) in [5, 5.41) is 0. The number of unbranched alkanes of at least 4 members (excludes halogenated alkanes) is 1. The molecule has 0 bridgehead atoms. The molecule has 1 aromatic carbocycles. The molecule has 0 heterocycles. The van der Waals surface area contributed by atoms with Crippen molar-refractivity contribution in [1.29, 1.82) is 0 Å². The van der Waals surface area contributed by atoms with Crippen LogP contribution in [0.4, 0.5) is 0 Å². The molecule has 1 atom stereocenters. The predicted octanol–water partition coefficient (Wildman–Crippen LogP) is 3.29. The third kappa shape index (κ3) is 4.97. The van der Waals surface area contributed by atoms with Crippen LogP contribution in [-0.2, 0) is 11.3 Å². The van der Waals surface area contributed by atoms with Crippen molar-refractivity contribution >= 4 is 5.91 Å². The normalized spacial score (nSPS) is 12.5. The minimum Gasteiger partial charge on any atom is -0.340 e. The van der Waals surface area contributed by atoms with E-state index in [1.54, 1.807) is 4.90 Å². The molecule has 0 unspecified atom stereocenters. The van der Waals surface area contributed by atoms with E-state index in [2.05, 4.69) is 45.0 Å². The molecule has 1 rings (SSSR count). The molecule has 0 aliphatic heterocycles. The lowest BCUT2D eigenvalue weighted by Crippen LogP contribution is -2.41. The van der Waals surface area contributed by atoms with Gasteiger partial charge in [-0.2, -0.15) is 0 Å². The summed E-state index contributed by atoms with van der Waals surface area (Å²) in [4.78, 5) is 13.9.